The first kappa shape index (κ1) is 28.1. The summed E-state index contributed by atoms with van der Waals surface area (Å²) in [6.07, 6.45) is 3.80. The number of hydrogen-bond acceptors (Lipinski definition) is 4. The van der Waals surface area contributed by atoms with Crippen LogP contribution in [0.1, 0.15) is 60.9 Å². The highest BCUT2D eigenvalue weighted by atomic mass is 35.5. The van der Waals surface area contributed by atoms with Gasteiger partial charge in [-0.2, -0.15) is 0 Å². The van der Waals surface area contributed by atoms with Crippen LogP contribution >= 0.6 is 11.6 Å². The van der Waals surface area contributed by atoms with Gasteiger partial charge in [0.1, 0.15) is 0 Å². The monoisotopic (exact) mass is 535 g/mol. The van der Waals surface area contributed by atoms with E-state index in [0.29, 0.717) is 43.1 Å². The molecule has 1 aliphatic rings. The number of carbonyl (C=O) groups is 2. The van der Waals surface area contributed by atoms with Gasteiger partial charge in [-0.15, -0.1) is 0 Å². The summed E-state index contributed by atoms with van der Waals surface area (Å²) >= 11 is 6.08. The van der Waals surface area contributed by atoms with Gasteiger partial charge in [-0.05, 0) is 72.7 Å². The molecule has 0 aliphatic carbocycles. The molecule has 0 saturated carbocycles. The van der Waals surface area contributed by atoms with Crippen LogP contribution in [-0.2, 0) is 4.79 Å². The summed E-state index contributed by atoms with van der Waals surface area (Å²) in [5.41, 5.74) is 1.84. The minimum atomic E-state index is -0.329. The Labute approximate surface area is 230 Å². The summed E-state index contributed by atoms with van der Waals surface area (Å²) in [4.78, 5) is 28.6. The molecule has 1 heterocycles. The van der Waals surface area contributed by atoms with E-state index in [1.165, 1.54) is 5.56 Å². The lowest BCUT2D eigenvalue weighted by Gasteiger charge is -2.28. The van der Waals surface area contributed by atoms with E-state index in [2.05, 4.69) is 29.7 Å². The Morgan fingerprint density at radius 2 is 1.87 bits per heavy atom. The van der Waals surface area contributed by atoms with E-state index in [-0.39, 0.29) is 36.4 Å². The maximum absolute atomic E-state index is 13.6. The fourth-order valence-electron chi connectivity index (χ4n) is 5.23. The molecule has 2 amide bonds. The molecule has 1 fully saturated rings. The van der Waals surface area contributed by atoms with Crippen molar-refractivity contribution in [2.24, 2.45) is 0 Å². The highest BCUT2D eigenvalue weighted by Crippen LogP contribution is 2.23. The topological polar surface area (TPSA) is 81.7 Å². The van der Waals surface area contributed by atoms with Gasteiger partial charge >= 0.3 is 0 Å². The lowest BCUT2D eigenvalue weighted by molar-refractivity contribution is -0.133. The van der Waals surface area contributed by atoms with Crippen LogP contribution in [0.5, 0.6) is 0 Å². The van der Waals surface area contributed by atoms with Crippen molar-refractivity contribution in [2.45, 2.75) is 57.0 Å². The summed E-state index contributed by atoms with van der Waals surface area (Å²) in [6, 6.07) is 21.2. The number of unbranched alkanes of at least 4 members (excludes halogenated alkanes) is 1. The van der Waals surface area contributed by atoms with Crippen molar-refractivity contribution >= 4 is 34.2 Å². The summed E-state index contributed by atoms with van der Waals surface area (Å²) in [5, 5.41) is 18.5. The zero-order chi connectivity index (χ0) is 26.9. The predicted octanol–water partition coefficient (Wildman–Crippen LogP) is 5.14. The number of aliphatic hydroxyl groups excluding tert-OH is 1. The summed E-state index contributed by atoms with van der Waals surface area (Å²) in [5.74, 6) is 0.250. The van der Waals surface area contributed by atoms with Gasteiger partial charge in [0, 0.05) is 48.8 Å². The van der Waals surface area contributed by atoms with Gasteiger partial charge in [-0.1, -0.05) is 61.0 Å². The third-order valence-electron chi connectivity index (χ3n) is 7.47. The Morgan fingerprint density at radius 3 is 2.63 bits per heavy atom. The average Bonchev–Trinajstić information content (AvgIpc) is 3.08. The molecule has 6 nitrogen and oxygen atoms in total. The van der Waals surface area contributed by atoms with Crippen molar-refractivity contribution in [1.82, 2.24) is 15.5 Å². The van der Waals surface area contributed by atoms with Gasteiger partial charge in [-0.3, -0.25) is 9.59 Å². The van der Waals surface area contributed by atoms with Crippen LogP contribution in [0.2, 0.25) is 5.02 Å². The Bertz CT molecular complexity index is 1220. The van der Waals surface area contributed by atoms with Crippen LogP contribution in [0.15, 0.2) is 66.7 Å². The van der Waals surface area contributed by atoms with Crippen LogP contribution in [0.4, 0.5) is 0 Å². The van der Waals surface area contributed by atoms with Crippen LogP contribution in [0, 0.1) is 0 Å². The number of carbonyl (C=O) groups excluding carboxylic acids is 2. The SMILES string of the molecule is CC[C@H](CN1CC[C@@H](CNC(=O)c2ccc3cc(Cl)ccc3c2)N[C@@H](CCCCO)C1=O)c1ccccc1. The number of amides is 2. The molecule has 0 bridgehead atoms. The van der Waals surface area contributed by atoms with Crippen molar-refractivity contribution in [2.75, 3.05) is 26.2 Å². The Morgan fingerprint density at radius 1 is 1.11 bits per heavy atom. The van der Waals surface area contributed by atoms with Crippen molar-refractivity contribution in [1.29, 1.82) is 0 Å². The molecule has 0 aromatic heterocycles. The van der Waals surface area contributed by atoms with E-state index in [0.717, 1.165) is 30.0 Å². The van der Waals surface area contributed by atoms with Crippen molar-refractivity contribution < 1.29 is 14.7 Å². The van der Waals surface area contributed by atoms with Crippen LogP contribution in [0.25, 0.3) is 10.8 Å². The smallest absolute Gasteiger partial charge is 0.251 e. The number of fused-ring (bicyclic) bond motifs is 1. The van der Waals surface area contributed by atoms with Crippen LogP contribution in [-0.4, -0.2) is 60.1 Å². The fraction of sp³-hybridized carbons (Fsp3) is 0.419. The van der Waals surface area contributed by atoms with Gasteiger partial charge in [0.25, 0.3) is 5.91 Å². The van der Waals surface area contributed by atoms with E-state index in [9.17, 15) is 14.7 Å². The van der Waals surface area contributed by atoms with Gasteiger partial charge in [0.05, 0.1) is 6.04 Å². The number of benzene rings is 3. The molecule has 4 rings (SSSR count). The first-order valence-electron chi connectivity index (χ1n) is 13.7. The maximum Gasteiger partial charge on any atom is 0.251 e. The van der Waals surface area contributed by atoms with Gasteiger partial charge in [-0.25, -0.2) is 0 Å². The number of halogens is 1. The highest BCUT2D eigenvalue weighted by molar-refractivity contribution is 6.31. The number of rotatable bonds is 11. The Balaban J connectivity index is 1.42. The van der Waals surface area contributed by atoms with Crippen molar-refractivity contribution in [3.8, 4) is 0 Å². The lowest BCUT2D eigenvalue weighted by Crippen LogP contribution is -2.49. The molecular formula is C31H38ClN3O3. The molecule has 3 aromatic carbocycles. The van der Waals surface area contributed by atoms with Crippen LogP contribution in [0.3, 0.4) is 0 Å². The molecule has 0 radical (unpaired) electrons. The quantitative estimate of drug-likeness (QED) is 0.297. The van der Waals surface area contributed by atoms with Crippen LogP contribution < -0.4 is 10.6 Å². The average molecular weight is 536 g/mol. The predicted molar refractivity (Wildman–Crippen MR) is 154 cm³/mol. The molecule has 7 heteroatoms. The molecule has 3 N–H and O–H groups in total. The van der Waals surface area contributed by atoms with E-state index >= 15 is 0 Å². The third kappa shape index (κ3) is 7.34. The lowest BCUT2D eigenvalue weighted by atomic mass is 9.95. The van der Waals surface area contributed by atoms with E-state index < -0.39 is 0 Å². The standard InChI is InChI=1S/C31H38ClN3O3/c1-2-22(23-8-4-3-5-9-23)21-35-16-15-28(34-29(31(35)38)10-6-7-17-36)20-33-30(37)26-12-11-25-19-27(32)14-13-24(25)18-26/h3-5,8-9,11-14,18-19,22,28-29,34,36H,2,6-7,10,15-17,20-21H2,1H3,(H,33,37)/t22-,28+,29+/m1/s1. The number of nitrogens with zero attached hydrogens (tertiary/aromatic N) is 1. The summed E-state index contributed by atoms with van der Waals surface area (Å²) in [7, 11) is 0. The van der Waals surface area contributed by atoms with E-state index in [1.54, 1.807) is 0 Å². The summed E-state index contributed by atoms with van der Waals surface area (Å²) < 4.78 is 0. The fourth-order valence-corrected chi connectivity index (χ4v) is 5.41. The molecule has 0 unspecified atom stereocenters. The van der Waals surface area contributed by atoms with Crippen molar-refractivity contribution in [3.63, 3.8) is 0 Å². The zero-order valence-electron chi connectivity index (χ0n) is 22.0. The molecule has 1 aliphatic heterocycles. The van der Waals surface area contributed by atoms with Gasteiger partial charge < -0.3 is 20.6 Å². The van der Waals surface area contributed by atoms with Crippen molar-refractivity contribution in [3.05, 3.63) is 82.9 Å². The molecule has 38 heavy (non-hydrogen) atoms. The second-order valence-electron chi connectivity index (χ2n) is 10.1. The van der Waals surface area contributed by atoms with Gasteiger partial charge in [0.2, 0.25) is 5.91 Å². The first-order valence-corrected chi connectivity index (χ1v) is 14.0. The maximum atomic E-state index is 13.6. The number of nitrogens with one attached hydrogen (secondary N) is 2. The highest BCUT2D eigenvalue weighted by Gasteiger charge is 2.32. The molecule has 202 valence electrons. The number of aliphatic hydroxyl groups is 1. The molecule has 1 saturated heterocycles. The molecule has 0 spiro atoms. The molecule has 3 atom stereocenters. The van der Waals surface area contributed by atoms with Gasteiger partial charge in [0.15, 0.2) is 0 Å². The molecule has 3 aromatic rings. The largest absolute Gasteiger partial charge is 0.396 e. The summed E-state index contributed by atoms with van der Waals surface area (Å²) in [6.45, 7) is 4.04. The Hall–Kier alpha value is -2.93. The van der Waals surface area contributed by atoms with E-state index in [1.807, 2.05) is 59.5 Å². The normalized spacial score (nSPS) is 18.8. The minimum Gasteiger partial charge on any atom is -0.396 e. The minimum absolute atomic E-state index is 0.0249. The second kappa shape index (κ2) is 13.7. The first-order chi connectivity index (χ1) is 18.5. The van der Waals surface area contributed by atoms with E-state index in [4.69, 9.17) is 11.6 Å². The molecular weight excluding hydrogens is 498 g/mol. The second-order valence-corrected chi connectivity index (χ2v) is 10.6. The zero-order valence-corrected chi connectivity index (χ0v) is 22.8. The Kier molecular flexibility index (Phi) is 10.2. The third-order valence-corrected chi connectivity index (χ3v) is 7.71. The number of hydrogen-bond donors (Lipinski definition) is 3.